The normalized spacial score (nSPS) is 22.3. The summed E-state index contributed by atoms with van der Waals surface area (Å²) in [4.78, 5) is 54.4. The zero-order valence-electron chi connectivity index (χ0n) is 23.8. The molecule has 2 heterocycles. The summed E-state index contributed by atoms with van der Waals surface area (Å²) < 4.78 is 44.3. The maximum atomic E-state index is 13.8. The Balaban J connectivity index is 1.62. The molecule has 12 heteroatoms. The Morgan fingerprint density at radius 1 is 0.977 bits per heavy atom. The van der Waals surface area contributed by atoms with Crippen LogP contribution in [0.15, 0.2) is 54.6 Å². The Labute approximate surface area is 248 Å². The molecule has 4 amide bonds. The number of fused-ring (bicyclic) bond motifs is 2. The molecular formula is C31H37F3N4O5. The van der Waals surface area contributed by atoms with Crippen LogP contribution in [-0.2, 0) is 32.0 Å². The molecule has 0 saturated carbocycles. The fourth-order valence-electron chi connectivity index (χ4n) is 5.31. The van der Waals surface area contributed by atoms with Crippen molar-refractivity contribution in [3.8, 4) is 5.75 Å². The Bertz CT molecular complexity index is 1270. The van der Waals surface area contributed by atoms with Gasteiger partial charge in [-0.15, -0.1) is 0 Å². The van der Waals surface area contributed by atoms with Crippen molar-refractivity contribution in [3.63, 3.8) is 0 Å². The molecule has 0 spiro atoms. The number of benzene rings is 2. The van der Waals surface area contributed by atoms with Crippen LogP contribution >= 0.6 is 0 Å². The first kappa shape index (κ1) is 31.8. The van der Waals surface area contributed by atoms with E-state index in [1.165, 1.54) is 4.90 Å². The summed E-state index contributed by atoms with van der Waals surface area (Å²) >= 11 is 0. The predicted molar refractivity (Wildman–Crippen MR) is 152 cm³/mol. The molecule has 3 atom stereocenters. The highest BCUT2D eigenvalue weighted by Gasteiger charge is 2.36. The highest BCUT2D eigenvalue weighted by Crippen LogP contribution is 2.21. The zero-order valence-corrected chi connectivity index (χ0v) is 23.8. The van der Waals surface area contributed by atoms with Crippen molar-refractivity contribution in [2.45, 2.75) is 75.7 Å². The summed E-state index contributed by atoms with van der Waals surface area (Å²) in [5.41, 5.74) is 1.70. The summed E-state index contributed by atoms with van der Waals surface area (Å²) in [5.74, 6) is -1.76. The van der Waals surface area contributed by atoms with E-state index in [0.717, 1.165) is 11.1 Å². The van der Waals surface area contributed by atoms with Crippen LogP contribution in [0.1, 0.15) is 49.7 Å². The third-order valence-corrected chi connectivity index (χ3v) is 7.57. The van der Waals surface area contributed by atoms with E-state index in [2.05, 4.69) is 10.6 Å². The van der Waals surface area contributed by atoms with Crippen molar-refractivity contribution in [2.75, 3.05) is 19.7 Å². The molecule has 1 saturated heterocycles. The third kappa shape index (κ3) is 9.72. The van der Waals surface area contributed by atoms with E-state index in [1.54, 1.807) is 18.2 Å². The molecule has 9 nitrogen and oxygen atoms in total. The van der Waals surface area contributed by atoms with Gasteiger partial charge < -0.3 is 25.6 Å². The number of carbonyl (C=O) groups is 4. The minimum Gasteiger partial charge on any atom is -0.494 e. The van der Waals surface area contributed by atoms with Crippen LogP contribution in [0.5, 0.6) is 5.75 Å². The molecule has 1 fully saturated rings. The van der Waals surface area contributed by atoms with Gasteiger partial charge in [0.05, 0.1) is 6.61 Å². The Morgan fingerprint density at radius 2 is 1.77 bits per heavy atom. The Morgan fingerprint density at radius 3 is 2.49 bits per heavy atom. The number of halogens is 3. The van der Waals surface area contributed by atoms with Crippen molar-refractivity contribution in [3.05, 3.63) is 65.7 Å². The smallest absolute Gasteiger partial charge is 0.405 e. The molecule has 2 bridgehead atoms. The second-order valence-electron chi connectivity index (χ2n) is 10.9. The van der Waals surface area contributed by atoms with Gasteiger partial charge in [0.15, 0.2) is 0 Å². The van der Waals surface area contributed by atoms with Crippen molar-refractivity contribution in [1.82, 2.24) is 20.9 Å². The number of likely N-dealkylation sites (tertiary alicyclic amines) is 1. The van der Waals surface area contributed by atoms with E-state index < -0.39 is 48.6 Å². The van der Waals surface area contributed by atoms with Crippen LogP contribution in [0.2, 0.25) is 0 Å². The summed E-state index contributed by atoms with van der Waals surface area (Å²) in [6, 6.07) is 13.3. The van der Waals surface area contributed by atoms with Crippen molar-refractivity contribution < 1.29 is 37.1 Å². The molecule has 0 unspecified atom stereocenters. The number of hydrogen-bond donors (Lipinski definition) is 3. The number of nitrogens with zero attached hydrogens (tertiary/aromatic N) is 1. The number of ether oxygens (including phenoxy) is 1. The van der Waals surface area contributed by atoms with Gasteiger partial charge in [-0.2, -0.15) is 13.2 Å². The monoisotopic (exact) mass is 602 g/mol. The third-order valence-electron chi connectivity index (χ3n) is 7.57. The average Bonchev–Trinajstić information content (AvgIpc) is 3.40. The van der Waals surface area contributed by atoms with Crippen LogP contribution in [-0.4, -0.2) is 72.5 Å². The zero-order chi connectivity index (χ0) is 30.8. The van der Waals surface area contributed by atoms with Crippen molar-refractivity contribution in [1.29, 1.82) is 0 Å². The SMILES string of the molecule is O=C(NCC(F)(F)F)[C@@H]1CCCCOc2cccc(c2)C[C@H](N2CCCC2=O)C(=O)N[C@@H](CCc2ccccc2)C(=O)N1. The first-order chi connectivity index (χ1) is 20.6. The number of amides is 4. The van der Waals surface area contributed by atoms with E-state index in [-0.39, 0.29) is 31.8 Å². The molecule has 0 aromatic heterocycles. The standard InChI is InChI=1S/C31H37F3N4O5/c32-31(33,34)20-35-28(40)24-12-4-5-17-43-23-11-6-10-22(18-23)19-26(38-16-7-13-27(38)39)30(42)37-25(29(41)36-24)15-14-21-8-2-1-3-9-21/h1-3,6,8-11,18,24-26H,4-5,7,12-17,19-20H2,(H,35,40)(H,36,41)(H,37,42)/t24-,25-,26-/m0/s1. The minimum atomic E-state index is -4.62. The summed E-state index contributed by atoms with van der Waals surface area (Å²) in [6.07, 6.45) is -1.95. The molecule has 2 aliphatic rings. The van der Waals surface area contributed by atoms with Gasteiger partial charge in [-0.25, -0.2) is 0 Å². The molecule has 0 radical (unpaired) electrons. The maximum Gasteiger partial charge on any atom is 0.405 e. The van der Waals surface area contributed by atoms with Gasteiger partial charge >= 0.3 is 6.18 Å². The average molecular weight is 603 g/mol. The molecule has 3 N–H and O–H groups in total. The Kier molecular flexibility index (Phi) is 11.0. The summed E-state index contributed by atoms with van der Waals surface area (Å²) in [6.45, 7) is -0.852. The van der Waals surface area contributed by atoms with E-state index in [0.29, 0.717) is 44.4 Å². The second-order valence-corrected chi connectivity index (χ2v) is 10.9. The van der Waals surface area contributed by atoms with Crippen LogP contribution in [0.4, 0.5) is 13.2 Å². The molecule has 43 heavy (non-hydrogen) atoms. The van der Waals surface area contributed by atoms with E-state index in [4.69, 9.17) is 4.74 Å². The van der Waals surface area contributed by atoms with Gasteiger partial charge in [-0.1, -0.05) is 42.5 Å². The van der Waals surface area contributed by atoms with Crippen LogP contribution in [0, 0.1) is 0 Å². The molecule has 0 aliphatic carbocycles. The van der Waals surface area contributed by atoms with Gasteiger partial charge in [0, 0.05) is 19.4 Å². The lowest BCUT2D eigenvalue weighted by molar-refractivity contribution is -0.141. The molecule has 2 aliphatic heterocycles. The molecule has 2 aromatic rings. The molecule has 4 rings (SSSR count). The van der Waals surface area contributed by atoms with Crippen molar-refractivity contribution in [2.24, 2.45) is 0 Å². The fraction of sp³-hybridized carbons (Fsp3) is 0.484. The maximum absolute atomic E-state index is 13.8. The van der Waals surface area contributed by atoms with Crippen molar-refractivity contribution >= 4 is 23.6 Å². The number of hydrogen-bond acceptors (Lipinski definition) is 5. The quantitative estimate of drug-likeness (QED) is 0.470. The lowest BCUT2D eigenvalue weighted by Gasteiger charge is -2.30. The number of nitrogens with one attached hydrogen (secondary N) is 3. The van der Waals surface area contributed by atoms with Gasteiger partial charge in [0.2, 0.25) is 23.6 Å². The highest BCUT2D eigenvalue weighted by molar-refractivity contribution is 5.94. The van der Waals surface area contributed by atoms with Crippen LogP contribution in [0.25, 0.3) is 0 Å². The number of carbonyl (C=O) groups excluding carboxylic acids is 4. The van der Waals surface area contributed by atoms with E-state index >= 15 is 0 Å². The van der Waals surface area contributed by atoms with Gasteiger partial charge in [0.1, 0.15) is 30.4 Å². The molecule has 2 aromatic carbocycles. The van der Waals surface area contributed by atoms with E-state index in [9.17, 15) is 32.3 Å². The predicted octanol–water partition coefficient (Wildman–Crippen LogP) is 3.06. The number of rotatable bonds is 6. The molecular weight excluding hydrogens is 565 g/mol. The van der Waals surface area contributed by atoms with Gasteiger partial charge in [0.25, 0.3) is 0 Å². The fourth-order valence-corrected chi connectivity index (χ4v) is 5.31. The summed E-state index contributed by atoms with van der Waals surface area (Å²) in [7, 11) is 0. The minimum absolute atomic E-state index is 0.0725. The van der Waals surface area contributed by atoms with Gasteiger partial charge in [-0.05, 0) is 61.8 Å². The van der Waals surface area contributed by atoms with Crippen LogP contribution in [0.3, 0.4) is 0 Å². The highest BCUT2D eigenvalue weighted by atomic mass is 19.4. The first-order valence-electron chi connectivity index (χ1n) is 14.6. The number of aryl methyl sites for hydroxylation is 1. The lowest BCUT2D eigenvalue weighted by atomic mass is 10.0. The van der Waals surface area contributed by atoms with Gasteiger partial charge in [-0.3, -0.25) is 19.2 Å². The topological polar surface area (TPSA) is 117 Å². The Hall–Kier alpha value is -4.09. The summed E-state index contributed by atoms with van der Waals surface area (Å²) in [5, 5.41) is 7.25. The molecule has 232 valence electrons. The lowest BCUT2D eigenvalue weighted by Crippen LogP contribution is -2.57. The number of alkyl halides is 3. The van der Waals surface area contributed by atoms with Crippen LogP contribution < -0.4 is 20.7 Å². The first-order valence-corrected chi connectivity index (χ1v) is 14.6. The second kappa shape index (κ2) is 14.9. The largest absolute Gasteiger partial charge is 0.494 e. The van der Waals surface area contributed by atoms with E-state index in [1.807, 2.05) is 41.7 Å².